The van der Waals surface area contributed by atoms with Gasteiger partial charge in [-0.3, -0.25) is 9.69 Å². The van der Waals surface area contributed by atoms with Crippen molar-refractivity contribution in [2.75, 3.05) is 19.6 Å². The number of carbonyl (C=O) groups excluding carboxylic acids is 1. The highest BCUT2D eigenvalue weighted by molar-refractivity contribution is 8.26. The van der Waals surface area contributed by atoms with Gasteiger partial charge in [-0.25, -0.2) is 13.1 Å². The van der Waals surface area contributed by atoms with E-state index in [0.717, 1.165) is 18.5 Å². The van der Waals surface area contributed by atoms with Gasteiger partial charge in [0.15, 0.2) is 0 Å². The van der Waals surface area contributed by atoms with Gasteiger partial charge in [-0.05, 0) is 56.0 Å². The number of amides is 1. The predicted octanol–water partition coefficient (Wildman–Crippen LogP) is 5.18. The van der Waals surface area contributed by atoms with Crippen LogP contribution in [-0.2, 0) is 14.8 Å². The summed E-state index contributed by atoms with van der Waals surface area (Å²) >= 11 is 6.65. The summed E-state index contributed by atoms with van der Waals surface area (Å²) in [7, 11) is -3.62. The summed E-state index contributed by atoms with van der Waals surface area (Å²) in [4.78, 5) is 15.2. The summed E-state index contributed by atoms with van der Waals surface area (Å²) in [6.07, 6.45) is 5.38. The van der Waals surface area contributed by atoms with Crippen LogP contribution in [0.5, 0.6) is 0 Å². The fraction of sp³-hybridized carbons (Fsp3) is 0.296. The van der Waals surface area contributed by atoms with E-state index >= 15 is 0 Å². The van der Waals surface area contributed by atoms with Crippen molar-refractivity contribution in [1.29, 1.82) is 0 Å². The highest BCUT2D eigenvalue weighted by Gasteiger charge is 2.32. The minimum atomic E-state index is -3.62. The molecule has 0 saturated carbocycles. The standard InChI is InChI=1S/C27H28N4O3S3/c1-3-30-26(32)24(36-27(30)35)17-21-18-31(22-9-5-4-6-10-22)28-25(21)20-8-7-11-23(16-20)37(33,34)29-14-12-19(2)13-15-29/h4-11,16-19H,3,12-15H2,1-2H3. The molecular weight excluding hydrogens is 525 g/mol. The molecule has 0 unspecified atom stereocenters. The first-order valence-corrected chi connectivity index (χ1v) is 15.0. The number of para-hydroxylation sites is 1. The average Bonchev–Trinajstić information content (AvgIpc) is 3.45. The number of hydrogen-bond donors (Lipinski definition) is 0. The van der Waals surface area contributed by atoms with Crippen LogP contribution in [0.4, 0.5) is 0 Å². The van der Waals surface area contributed by atoms with E-state index in [1.807, 2.05) is 49.5 Å². The summed E-state index contributed by atoms with van der Waals surface area (Å²) in [6.45, 7) is 5.61. The summed E-state index contributed by atoms with van der Waals surface area (Å²) in [5, 5.41) is 4.82. The van der Waals surface area contributed by atoms with E-state index in [0.29, 0.717) is 51.6 Å². The Morgan fingerprint density at radius 3 is 2.51 bits per heavy atom. The van der Waals surface area contributed by atoms with Gasteiger partial charge in [-0.1, -0.05) is 61.2 Å². The van der Waals surface area contributed by atoms with Crippen LogP contribution < -0.4 is 0 Å². The molecule has 2 saturated heterocycles. The van der Waals surface area contributed by atoms with Crippen LogP contribution in [0.25, 0.3) is 23.0 Å². The van der Waals surface area contributed by atoms with Crippen molar-refractivity contribution in [3.8, 4) is 16.9 Å². The van der Waals surface area contributed by atoms with Crippen LogP contribution in [0.1, 0.15) is 32.3 Å². The molecule has 0 bridgehead atoms. The average molecular weight is 553 g/mol. The number of hydrogen-bond acceptors (Lipinski definition) is 6. The first-order valence-electron chi connectivity index (χ1n) is 12.3. The third-order valence-electron chi connectivity index (χ3n) is 6.73. The highest BCUT2D eigenvalue weighted by atomic mass is 32.2. The summed E-state index contributed by atoms with van der Waals surface area (Å²) < 4.78 is 30.7. The second-order valence-corrected chi connectivity index (χ2v) is 12.9. The third kappa shape index (κ3) is 5.16. The second kappa shape index (κ2) is 10.5. The van der Waals surface area contributed by atoms with Crippen molar-refractivity contribution in [2.24, 2.45) is 5.92 Å². The Hall–Kier alpha value is -2.79. The maximum Gasteiger partial charge on any atom is 0.266 e. The number of carbonyl (C=O) groups is 1. The number of sulfonamides is 1. The lowest BCUT2D eigenvalue weighted by Gasteiger charge is -2.29. The van der Waals surface area contributed by atoms with E-state index < -0.39 is 10.0 Å². The molecule has 192 valence electrons. The van der Waals surface area contributed by atoms with Crippen molar-refractivity contribution in [2.45, 2.75) is 31.6 Å². The summed E-state index contributed by atoms with van der Waals surface area (Å²) in [6, 6.07) is 16.6. The zero-order valence-corrected chi connectivity index (χ0v) is 23.2. The third-order valence-corrected chi connectivity index (χ3v) is 10.00. The molecule has 7 nitrogen and oxygen atoms in total. The highest BCUT2D eigenvalue weighted by Crippen LogP contribution is 2.35. The van der Waals surface area contributed by atoms with Gasteiger partial charge in [0.2, 0.25) is 10.0 Å². The molecule has 1 amide bonds. The number of rotatable bonds is 6. The van der Waals surface area contributed by atoms with E-state index in [2.05, 4.69) is 6.92 Å². The summed E-state index contributed by atoms with van der Waals surface area (Å²) in [5.41, 5.74) is 2.82. The molecule has 0 spiro atoms. The van der Waals surface area contributed by atoms with Crippen LogP contribution >= 0.6 is 24.0 Å². The Morgan fingerprint density at radius 1 is 1.11 bits per heavy atom. The number of aromatic nitrogens is 2. The fourth-order valence-electron chi connectivity index (χ4n) is 4.52. The van der Waals surface area contributed by atoms with Gasteiger partial charge in [0, 0.05) is 37.0 Å². The number of piperidine rings is 1. The Balaban J connectivity index is 1.58. The lowest BCUT2D eigenvalue weighted by molar-refractivity contribution is -0.121. The SMILES string of the molecule is CCN1C(=O)C(=Cc2cn(-c3ccccc3)nc2-c2cccc(S(=O)(=O)N3CCC(C)CC3)c2)SC1=S. The molecule has 5 rings (SSSR count). The minimum absolute atomic E-state index is 0.133. The number of benzene rings is 2. The molecule has 3 heterocycles. The maximum atomic E-state index is 13.4. The van der Waals surface area contributed by atoms with Gasteiger partial charge in [0.1, 0.15) is 10.0 Å². The smallest absolute Gasteiger partial charge is 0.266 e. The fourth-order valence-corrected chi connectivity index (χ4v) is 7.41. The van der Waals surface area contributed by atoms with Gasteiger partial charge in [0.05, 0.1) is 15.5 Å². The lowest BCUT2D eigenvalue weighted by Crippen LogP contribution is -2.37. The monoisotopic (exact) mass is 552 g/mol. The Labute approximate surface area is 227 Å². The van der Waals surface area contributed by atoms with E-state index in [4.69, 9.17) is 17.3 Å². The topological polar surface area (TPSA) is 75.5 Å². The van der Waals surface area contributed by atoms with E-state index in [9.17, 15) is 13.2 Å². The number of likely N-dealkylation sites (N-methyl/N-ethyl adjacent to an activating group) is 1. The summed E-state index contributed by atoms with van der Waals surface area (Å²) in [5.74, 6) is 0.398. The van der Waals surface area contributed by atoms with Gasteiger partial charge in [0.25, 0.3) is 5.91 Å². The van der Waals surface area contributed by atoms with Gasteiger partial charge >= 0.3 is 0 Å². The van der Waals surface area contributed by atoms with Crippen molar-refractivity contribution < 1.29 is 13.2 Å². The Kier molecular flexibility index (Phi) is 7.35. The quantitative estimate of drug-likeness (QED) is 0.310. The van der Waals surface area contributed by atoms with Crippen LogP contribution in [0.2, 0.25) is 0 Å². The van der Waals surface area contributed by atoms with Crippen LogP contribution in [-0.4, -0.2) is 57.3 Å². The zero-order valence-electron chi connectivity index (χ0n) is 20.7. The van der Waals surface area contributed by atoms with Gasteiger partial charge in [-0.15, -0.1) is 0 Å². The van der Waals surface area contributed by atoms with E-state index in [-0.39, 0.29) is 10.8 Å². The first kappa shape index (κ1) is 25.8. The molecule has 0 atom stereocenters. The maximum absolute atomic E-state index is 13.4. The molecule has 0 N–H and O–H groups in total. The molecule has 2 aliphatic heterocycles. The van der Waals surface area contributed by atoms with Crippen molar-refractivity contribution in [3.05, 3.63) is 71.3 Å². The van der Waals surface area contributed by atoms with Crippen molar-refractivity contribution in [1.82, 2.24) is 19.0 Å². The largest absolute Gasteiger partial charge is 0.293 e. The van der Waals surface area contributed by atoms with Crippen molar-refractivity contribution in [3.63, 3.8) is 0 Å². The van der Waals surface area contributed by atoms with Crippen LogP contribution in [0.15, 0.2) is 70.6 Å². The molecule has 0 radical (unpaired) electrons. The minimum Gasteiger partial charge on any atom is -0.293 e. The number of nitrogens with zero attached hydrogens (tertiary/aromatic N) is 4. The second-order valence-electron chi connectivity index (χ2n) is 9.25. The van der Waals surface area contributed by atoms with Gasteiger partial charge in [-0.2, -0.15) is 9.40 Å². The molecule has 2 fully saturated rings. The Morgan fingerprint density at radius 2 is 1.84 bits per heavy atom. The molecule has 0 aliphatic carbocycles. The molecule has 2 aromatic carbocycles. The lowest BCUT2D eigenvalue weighted by atomic mass is 10.0. The molecule has 1 aromatic heterocycles. The molecule has 37 heavy (non-hydrogen) atoms. The van der Waals surface area contributed by atoms with E-state index in [1.165, 1.54) is 11.8 Å². The normalized spacial score (nSPS) is 18.8. The predicted molar refractivity (Wildman–Crippen MR) is 152 cm³/mol. The van der Waals surface area contributed by atoms with Gasteiger partial charge < -0.3 is 0 Å². The van der Waals surface area contributed by atoms with Crippen LogP contribution in [0.3, 0.4) is 0 Å². The number of thiocarbonyl (C=S) groups is 1. The Bertz CT molecular complexity index is 1470. The molecule has 2 aliphatic rings. The first-order chi connectivity index (χ1) is 17.8. The molecule has 10 heteroatoms. The zero-order chi connectivity index (χ0) is 26.2. The van der Waals surface area contributed by atoms with Crippen molar-refractivity contribution >= 4 is 50.3 Å². The van der Waals surface area contributed by atoms with Crippen LogP contribution in [0, 0.1) is 5.92 Å². The molecular formula is C27H28N4O3S3. The number of thioether (sulfide) groups is 1. The van der Waals surface area contributed by atoms with E-state index in [1.54, 1.807) is 38.2 Å². The molecule has 3 aromatic rings.